The standard InChI is InChI=1S/C36H54N4O6/c1-5-9-12-15-23-36(22-8-4,34(45)39-37-32(43)28-20-18-26(24-30(28)41)16-13-10-6-2)35(46)40-38-33(44)29-21-19-27(25-31(29)42)17-14-11-7-3/h18-21,24-25,41-42H,5-17,22-23H2,1-4H3,(H,37,43)(H,38,44)(H,39,45)(H,40,46). The van der Waals surface area contributed by atoms with Crippen LogP contribution in [0.2, 0.25) is 0 Å². The van der Waals surface area contributed by atoms with Crippen LogP contribution in [0.3, 0.4) is 0 Å². The number of rotatable bonds is 19. The van der Waals surface area contributed by atoms with Crippen LogP contribution in [-0.2, 0) is 22.4 Å². The molecule has 46 heavy (non-hydrogen) atoms. The second-order valence-electron chi connectivity index (χ2n) is 12.1. The molecule has 0 aromatic heterocycles. The first-order chi connectivity index (χ1) is 22.1. The summed E-state index contributed by atoms with van der Waals surface area (Å²) in [5.74, 6) is -3.27. The Hall–Kier alpha value is -4.08. The summed E-state index contributed by atoms with van der Waals surface area (Å²) in [4.78, 5) is 53.2. The van der Waals surface area contributed by atoms with Crippen LogP contribution >= 0.6 is 0 Å². The Balaban J connectivity index is 2.17. The molecule has 10 heteroatoms. The number of hydrogen-bond acceptors (Lipinski definition) is 6. The maximum absolute atomic E-state index is 13.7. The fourth-order valence-electron chi connectivity index (χ4n) is 5.57. The van der Waals surface area contributed by atoms with Gasteiger partial charge in [-0.2, -0.15) is 0 Å². The van der Waals surface area contributed by atoms with E-state index in [1.165, 1.54) is 12.1 Å². The molecule has 10 nitrogen and oxygen atoms in total. The van der Waals surface area contributed by atoms with Crippen LogP contribution in [0.5, 0.6) is 11.5 Å². The minimum atomic E-state index is -1.60. The van der Waals surface area contributed by atoms with E-state index in [0.29, 0.717) is 12.8 Å². The number of aromatic hydroxyl groups is 2. The van der Waals surface area contributed by atoms with Gasteiger partial charge in [-0.25, -0.2) is 0 Å². The van der Waals surface area contributed by atoms with Crippen LogP contribution in [0, 0.1) is 5.41 Å². The first-order valence-electron chi connectivity index (χ1n) is 17.0. The molecule has 0 atom stereocenters. The van der Waals surface area contributed by atoms with Crippen molar-refractivity contribution >= 4 is 23.6 Å². The molecule has 6 N–H and O–H groups in total. The van der Waals surface area contributed by atoms with Crippen molar-refractivity contribution < 1.29 is 29.4 Å². The van der Waals surface area contributed by atoms with Crippen LogP contribution in [0.1, 0.15) is 143 Å². The van der Waals surface area contributed by atoms with Gasteiger partial charge in [-0.15, -0.1) is 0 Å². The Morgan fingerprint density at radius 2 is 0.978 bits per heavy atom. The van der Waals surface area contributed by atoms with Crippen molar-refractivity contribution in [2.45, 2.75) is 124 Å². The monoisotopic (exact) mass is 638 g/mol. The Morgan fingerprint density at radius 1 is 0.543 bits per heavy atom. The van der Waals surface area contributed by atoms with Crippen molar-refractivity contribution in [1.29, 1.82) is 0 Å². The van der Waals surface area contributed by atoms with Gasteiger partial charge in [-0.3, -0.25) is 40.9 Å². The summed E-state index contributed by atoms with van der Waals surface area (Å²) in [5.41, 5.74) is 9.74. The van der Waals surface area contributed by atoms with E-state index in [-0.39, 0.29) is 35.5 Å². The van der Waals surface area contributed by atoms with Gasteiger partial charge in [-0.1, -0.05) is 97.6 Å². The van der Waals surface area contributed by atoms with Crippen molar-refractivity contribution in [2.24, 2.45) is 5.41 Å². The number of phenols is 2. The Labute approximate surface area is 274 Å². The molecule has 0 fully saturated rings. The average Bonchev–Trinajstić information content (AvgIpc) is 3.04. The molecule has 4 amide bonds. The molecule has 254 valence electrons. The highest BCUT2D eigenvalue weighted by atomic mass is 16.3. The molecule has 0 spiro atoms. The average molecular weight is 639 g/mol. The van der Waals surface area contributed by atoms with Gasteiger partial charge < -0.3 is 10.2 Å². The molecule has 0 saturated carbocycles. The predicted molar refractivity (Wildman–Crippen MR) is 180 cm³/mol. The smallest absolute Gasteiger partial charge is 0.273 e. The zero-order valence-electron chi connectivity index (χ0n) is 28.1. The molecule has 2 aromatic rings. The maximum atomic E-state index is 13.7. The summed E-state index contributed by atoms with van der Waals surface area (Å²) in [6.45, 7) is 8.13. The van der Waals surface area contributed by atoms with E-state index in [1.54, 1.807) is 24.3 Å². The molecular weight excluding hydrogens is 584 g/mol. The number of hydrazine groups is 2. The lowest BCUT2D eigenvalue weighted by atomic mass is 9.77. The van der Waals surface area contributed by atoms with Crippen molar-refractivity contribution in [2.75, 3.05) is 0 Å². The number of phenolic OH excluding ortho intramolecular Hbond substituents is 2. The van der Waals surface area contributed by atoms with Gasteiger partial charge in [0.25, 0.3) is 23.6 Å². The minimum absolute atomic E-state index is 0.00326. The first-order valence-corrected chi connectivity index (χ1v) is 17.0. The SMILES string of the molecule is CCCCCCC(CCC)(C(=O)NNC(=O)c1ccc(CCCCC)cc1O)C(=O)NNC(=O)c1ccc(CCCCC)cc1O. The third kappa shape index (κ3) is 11.4. The molecule has 0 radical (unpaired) electrons. The summed E-state index contributed by atoms with van der Waals surface area (Å²) in [6.07, 6.45) is 11.9. The van der Waals surface area contributed by atoms with Crippen LogP contribution in [0.15, 0.2) is 36.4 Å². The van der Waals surface area contributed by atoms with E-state index < -0.39 is 29.0 Å². The number of unbranched alkanes of at least 4 members (excludes halogenated alkanes) is 7. The lowest BCUT2D eigenvalue weighted by Crippen LogP contribution is -2.58. The molecule has 2 rings (SSSR count). The van der Waals surface area contributed by atoms with E-state index in [0.717, 1.165) is 81.8 Å². The second-order valence-corrected chi connectivity index (χ2v) is 12.1. The Morgan fingerprint density at radius 3 is 1.37 bits per heavy atom. The summed E-state index contributed by atoms with van der Waals surface area (Å²) >= 11 is 0. The van der Waals surface area contributed by atoms with Gasteiger partial charge in [0.15, 0.2) is 0 Å². The lowest BCUT2D eigenvalue weighted by Gasteiger charge is -2.31. The zero-order chi connectivity index (χ0) is 34.0. The molecule has 0 aliphatic carbocycles. The third-order valence-corrected chi connectivity index (χ3v) is 8.33. The predicted octanol–water partition coefficient (Wildman–Crippen LogP) is 6.54. The normalized spacial score (nSPS) is 11.1. The largest absolute Gasteiger partial charge is 0.507 e. The van der Waals surface area contributed by atoms with Crippen LogP contribution in [0.25, 0.3) is 0 Å². The van der Waals surface area contributed by atoms with E-state index in [4.69, 9.17) is 0 Å². The van der Waals surface area contributed by atoms with Crippen molar-refractivity contribution in [1.82, 2.24) is 21.7 Å². The zero-order valence-corrected chi connectivity index (χ0v) is 28.1. The molecule has 2 aromatic carbocycles. The molecular formula is C36H54N4O6. The number of carbonyl (C=O) groups is 4. The molecule has 0 saturated heterocycles. The summed E-state index contributed by atoms with van der Waals surface area (Å²) in [6, 6.07) is 9.67. The van der Waals surface area contributed by atoms with Gasteiger partial charge in [0.1, 0.15) is 16.9 Å². The molecule has 0 bridgehead atoms. The third-order valence-electron chi connectivity index (χ3n) is 8.33. The fraction of sp³-hybridized carbons (Fsp3) is 0.556. The van der Waals surface area contributed by atoms with E-state index in [9.17, 15) is 29.4 Å². The van der Waals surface area contributed by atoms with Gasteiger partial charge in [0.05, 0.1) is 11.1 Å². The number of aryl methyl sites for hydroxylation is 2. The van der Waals surface area contributed by atoms with Crippen LogP contribution in [0.4, 0.5) is 0 Å². The summed E-state index contributed by atoms with van der Waals surface area (Å²) in [7, 11) is 0. The quantitative estimate of drug-likeness (QED) is 0.0583. The number of amides is 4. The van der Waals surface area contributed by atoms with Crippen LogP contribution < -0.4 is 21.7 Å². The van der Waals surface area contributed by atoms with E-state index in [1.807, 2.05) is 6.92 Å². The summed E-state index contributed by atoms with van der Waals surface area (Å²) in [5, 5.41) is 21.0. The topological polar surface area (TPSA) is 157 Å². The number of benzene rings is 2. The lowest BCUT2D eigenvalue weighted by molar-refractivity contribution is -0.146. The molecule has 0 aliphatic rings. The molecule has 0 unspecified atom stereocenters. The Bertz CT molecular complexity index is 1210. The van der Waals surface area contributed by atoms with Gasteiger partial charge in [-0.05, 0) is 73.9 Å². The molecule has 0 aliphatic heterocycles. The number of carbonyl (C=O) groups excluding carboxylic acids is 4. The van der Waals surface area contributed by atoms with Gasteiger partial charge >= 0.3 is 0 Å². The van der Waals surface area contributed by atoms with Gasteiger partial charge in [0.2, 0.25) is 0 Å². The number of nitrogens with one attached hydrogen (secondary N) is 4. The first kappa shape index (κ1) is 38.1. The number of hydrogen-bond donors (Lipinski definition) is 6. The highest BCUT2D eigenvalue weighted by Gasteiger charge is 2.45. The summed E-state index contributed by atoms with van der Waals surface area (Å²) < 4.78 is 0. The fourth-order valence-corrected chi connectivity index (χ4v) is 5.57. The maximum Gasteiger partial charge on any atom is 0.273 e. The van der Waals surface area contributed by atoms with Gasteiger partial charge in [0, 0.05) is 0 Å². The minimum Gasteiger partial charge on any atom is -0.507 e. The highest BCUT2D eigenvalue weighted by Crippen LogP contribution is 2.32. The van der Waals surface area contributed by atoms with E-state index >= 15 is 0 Å². The van der Waals surface area contributed by atoms with Crippen molar-refractivity contribution in [3.05, 3.63) is 58.7 Å². The second kappa shape index (κ2) is 20.1. The van der Waals surface area contributed by atoms with E-state index in [2.05, 4.69) is 42.5 Å². The van der Waals surface area contributed by atoms with Crippen molar-refractivity contribution in [3.8, 4) is 11.5 Å². The van der Waals surface area contributed by atoms with Crippen molar-refractivity contribution in [3.63, 3.8) is 0 Å². The van der Waals surface area contributed by atoms with Crippen LogP contribution in [-0.4, -0.2) is 33.8 Å². The highest BCUT2D eigenvalue weighted by molar-refractivity contribution is 6.07. The molecule has 0 heterocycles. The Kier molecular flexibility index (Phi) is 16.7.